The number of carbonyl (C=O) groups excluding carboxylic acids is 2. The van der Waals surface area contributed by atoms with Crippen molar-refractivity contribution in [3.8, 4) is 11.1 Å². The maximum Gasteiger partial charge on any atom is 0.407 e. The van der Waals surface area contributed by atoms with Crippen molar-refractivity contribution in [3.05, 3.63) is 59.7 Å². The molecule has 2 amide bonds. The van der Waals surface area contributed by atoms with E-state index in [2.05, 4.69) is 17.4 Å². The van der Waals surface area contributed by atoms with Crippen LogP contribution in [0.15, 0.2) is 48.5 Å². The molecule has 7 nitrogen and oxygen atoms in total. The van der Waals surface area contributed by atoms with Crippen LogP contribution in [0.5, 0.6) is 0 Å². The van der Waals surface area contributed by atoms with E-state index in [1.807, 2.05) is 64.1 Å². The van der Waals surface area contributed by atoms with Gasteiger partial charge >= 0.3 is 12.1 Å². The zero-order chi connectivity index (χ0) is 24.8. The van der Waals surface area contributed by atoms with Crippen molar-refractivity contribution in [2.75, 3.05) is 13.2 Å². The SMILES string of the molecule is CCN(C(=O)C(CCC(=O)O)NC(=O)OCC1c2ccccc2-c2ccccc21)C(C)C(C)C. The lowest BCUT2D eigenvalue weighted by molar-refractivity contribution is -0.138. The molecule has 3 rings (SSSR count). The van der Waals surface area contributed by atoms with Gasteiger partial charge in [-0.3, -0.25) is 9.59 Å². The first-order chi connectivity index (χ1) is 16.2. The maximum atomic E-state index is 13.2. The smallest absolute Gasteiger partial charge is 0.407 e. The van der Waals surface area contributed by atoms with Crippen molar-refractivity contribution < 1.29 is 24.2 Å². The first-order valence-electron chi connectivity index (χ1n) is 11.9. The van der Waals surface area contributed by atoms with Gasteiger partial charge < -0.3 is 20.1 Å². The van der Waals surface area contributed by atoms with E-state index in [1.54, 1.807) is 4.90 Å². The number of benzene rings is 2. The number of carboxylic acid groups (broad SMARTS) is 1. The van der Waals surface area contributed by atoms with Crippen LogP contribution < -0.4 is 5.32 Å². The molecule has 1 aliphatic carbocycles. The summed E-state index contributed by atoms with van der Waals surface area (Å²) in [5, 5.41) is 11.8. The summed E-state index contributed by atoms with van der Waals surface area (Å²) in [5.74, 6) is -1.19. The van der Waals surface area contributed by atoms with Crippen molar-refractivity contribution >= 4 is 18.0 Å². The number of ether oxygens (including phenoxy) is 1. The number of aliphatic carboxylic acids is 1. The quantitative estimate of drug-likeness (QED) is 0.531. The molecule has 0 saturated carbocycles. The molecule has 0 radical (unpaired) electrons. The molecule has 0 aromatic heterocycles. The molecular formula is C27H34N2O5. The highest BCUT2D eigenvalue weighted by Crippen LogP contribution is 2.44. The number of carboxylic acids is 1. The molecule has 34 heavy (non-hydrogen) atoms. The Bertz CT molecular complexity index is 990. The number of nitrogens with zero attached hydrogens (tertiary/aromatic N) is 1. The fraction of sp³-hybridized carbons (Fsp3) is 0.444. The second-order valence-electron chi connectivity index (χ2n) is 9.06. The first kappa shape index (κ1) is 25.3. The molecule has 0 spiro atoms. The van der Waals surface area contributed by atoms with Crippen LogP contribution in [0, 0.1) is 5.92 Å². The highest BCUT2D eigenvalue weighted by molar-refractivity contribution is 5.86. The van der Waals surface area contributed by atoms with Gasteiger partial charge in [0.05, 0.1) is 0 Å². The summed E-state index contributed by atoms with van der Waals surface area (Å²) >= 11 is 0. The zero-order valence-electron chi connectivity index (χ0n) is 20.3. The van der Waals surface area contributed by atoms with E-state index in [0.29, 0.717) is 6.54 Å². The van der Waals surface area contributed by atoms with E-state index in [-0.39, 0.29) is 43.2 Å². The van der Waals surface area contributed by atoms with Crippen molar-refractivity contribution in [1.82, 2.24) is 10.2 Å². The van der Waals surface area contributed by atoms with Crippen LogP contribution in [0.4, 0.5) is 4.79 Å². The van der Waals surface area contributed by atoms with Crippen LogP contribution in [0.3, 0.4) is 0 Å². The fourth-order valence-corrected chi connectivity index (χ4v) is 4.51. The van der Waals surface area contributed by atoms with Crippen LogP contribution in [0.1, 0.15) is 57.6 Å². The van der Waals surface area contributed by atoms with Gasteiger partial charge in [-0.05, 0) is 48.4 Å². The largest absolute Gasteiger partial charge is 0.481 e. The monoisotopic (exact) mass is 466 g/mol. The van der Waals surface area contributed by atoms with Gasteiger partial charge in [0.15, 0.2) is 0 Å². The van der Waals surface area contributed by atoms with E-state index in [0.717, 1.165) is 22.3 Å². The summed E-state index contributed by atoms with van der Waals surface area (Å²) < 4.78 is 5.58. The summed E-state index contributed by atoms with van der Waals surface area (Å²) in [7, 11) is 0. The molecule has 2 aromatic carbocycles. The summed E-state index contributed by atoms with van der Waals surface area (Å²) in [6.07, 6.45) is -0.952. The standard InChI is InChI=1S/C27H34N2O5/c1-5-29(18(4)17(2)3)26(32)24(14-15-25(30)31)28-27(33)34-16-23-21-12-8-6-10-19(21)20-11-7-9-13-22(20)23/h6-13,17-18,23-24H,5,14-16H2,1-4H3,(H,28,33)(H,30,31). The van der Waals surface area contributed by atoms with Gasteiger partial charge in [-0.1, -0.05) is 62.4 Å². The minimum absolute atomic E-state index is 0.000320. The third-order valence-corrected chi connectivity index (χ3v) is 6.66. The van der Waals surface area contributed by atoms with E-state index < -0.39 is 18.1 Å². The van der Waals surface area contributed by atoms with Crippen molar-refractivity contribution in [3.63, 3.8) is 0 Å². The topological polar surface area (TPSA) is 95.9 Å². The van der Waals surface area contributed by atoms with Gasteiger partial charge in [-0.15, -0.1) is 0 Å². The first-order valence-corrected chi connectivity index (χ1v) is 11.9. The van der Waals surface area contributed by atoms with Gasteiger partial charge in [0, 0.05) is 24.9 Å². The van der Waals surface area contributed by atoms with Crippen LogP contribution in [0.2, 0.25) is 0 Å². The number of rotatable bonds is 10. The summed E-state index contributed by atoms with van der Waals surface area (Å²) in [6.45, 7) is 8.46. The molecule has 0 bridgehead atoms. The molecule has 7 heteroatoms. The lowest BCUT2D eigenvalue weighted by Gasteiger charge is -2.34. The van der Waals surface area contributed by atoms with E-state index in [1.165, 1.54) is 0 Å². The number of nitrogens with one attached hydrogen (secondary N) is 1. The van der Waals surface area contributed by atoms with E-state index in [4.69, 9.17) is 9.84 Å². The average molecular weight is 467 g/mol. The number of hydrogen-bond acceptors (Lipinski definition) is 4. The molecule has 2 N–H and O–H groups in total. The molecule has 182 valence electrons. The number of carbonyl (C=O) groups is 3. The molecule has 2 aromatic rings. The zero-order valence-corrected chi connectivity index (χ0v) is 20.3. The Morgan fingerprint density at radius 2 is 1.56 bits per heavy atom. The molecule has 0 fully saturated rings. The van der Waals surface area contributed by atoms with Crippen LogP contribution in [-0.2, 0) is 14.3 Å². The molecule has 0 saturated heterocycles. The second kappa shape index (κ2) is 11.2. The number of likely N-dealkylation sites (N-methyl/N-ethyl adjacent to an activating group) is 1. The van der Waals surface area contributed by atoms with Crippen LogP contribution >= 0.6 is 0 Å². The Labute approximate surface area is 201 Å². The van der Waals surface area contributed by atoms with Gasteiger partial charge in [0.25, 0.3) is 0 Å². The lowest BCUT2D eigenvalue weighted by atomic mass is 9.98. The predicted molar refractivity (Wildman–Crippen MR) is 131 cm³/mol. The highest BCUT2D eigenvalue weighted by Gasteiger charge is 2.32. The minimum Gasteiger partial charge on any atom is -0.481 e. The van der Waals surface area contributed by atoms with E-state index >= 15 is 0 Å². The number of hydrogen-bond donors (Lipinski definition) is 2. The summed E-state index contributed by atoms with van der Waals surface area (Å²) in [6, 6.07) is 15.1. The molecule has 1 aliphatic rings. The number of alkyl carbamates (subject to hydrolysis) is 1. The number of fused-ring (bicyclic) bond motifs is 3. The Balaban J connectivity index is 1.71. The molecule has 2 unspecified atom stereocenters. The Morgan fingerprint density at radius 3 is 2.06 bits per heavy atom. The Hall–Kier alpha value is -3.35. The fourth-order valence-electron chi connectivity index (χ4n) is 4.51. The third kappa shape index (κ3) is 5.58. The van der Waals surface area contributed by atoms with Gasteiger partial charge in [-0.25, -0.2) is 4.79 Å². The maximum absolute atomic E-state index is 13.2. The van der Waals surface area contributed by atoms with Crippen LogP contribution in [0.25, 0.3) is 11.1 Å². The highest BCUT2D eigenvalue weighted by atomic mass is 16.5. The van der Waals surface area contributed by atoms with Gasteiger partial charge in [-0.2, -0.15) is 0 Å². The van der Waals surface area contributed by atoms with Crippen molar-refractivity contribution in [1.29, 1.82) is 0 Å². The second-order valence-corrected chi connectivity index (χ2v) is 9.06. The Kier molecular flexibility index (Phi) is 8.31. The average Bonchev–Trinajstić information content (AvgIpc) is 3.14. The summed E-state index contributed by atoms with van der Waals surface area (Å²) in [4.78, 5) is 38.8. The Morgan fingerprint density at radius 1 is 1.00 bits per heavy atom. The number of amides is 2. The van der Waals surface area contributed by atoms with Crippen molar-refractivity contribution in [2.45, 2.75) is 58.5 Å². The third-order valence-electron chi connectivity index (χ3n) is 6.66. The van der Waals surface area contributed by atoms with Gasteiger partial charge in [0.2, 0.25) is 5.91 Å². The minimum atomic E-state index is -1.02. The van der Waals surface area contributed by atoms with Crippen LogP contribution in [-0.4, -0.2) is 53.2 Å². The summed E-state index contributed by atoms with van der Waals surface area (Å²) in [5.41, 5.74) is 4.45. The molecule has 0 heterocycles. The normalized spacial score (nSPS) is 14.1. The lowest BCUT2D eigenvalue weighted by Crippen LogP contribution is -2.52. The predicted octanol–water partition coefficient (Wildman–Crippen LogP) is 4.65. The molecule has 2 atom stereocenters. The molecule has 0 aliphatic heterocycles. The van der Waals surface area contributed by atoms with Gasteiger partial charge in [0.1, 0.15) is 12.6 Å². The van der Waals surface area contributed by atoms with E-state index in [9.17, 15) is 14.4 Å². The molecular weight excluding hydrogens is 432 g/mol. The van der Waals surface area contributed by atoms with Crippen molar-refractivity contribution in [2.24, 2.45) is 5.92 Å².